The number of hydrogen-bond acceptors (Lipinski definition) is 2. The first-order valence-electron chi connectivity index (χ1n) is 8.05. The average Bonchev–Trinajstić information content (AvgIpc) is 2.45. The van der Waals surface area contributed by atoms with Crippen molar-refractivity contribution in [2.45, 2.75) is 58.8 Å². The van der Waals surface area contributed by atoms with E-state index in [0.29, 0.717) is 5.41 Å². The van der Waals surface area contributed by atoms with Gasteiger partial charge in [0, 0.05) is 19.3 Å². The Bertz CT molecular complexity index is 365. The van der Waals surface area contributed by atoms with Crippen LogP contribution in [0, 0.1) is 5.41 Å². The Labute approximate surface area is 125 Å². The maximum atomic E-state index is 4.43. The molecule has 0 bridgehead atoms. The van der Waals surface area contributed by atoms with Crippen molar-refractivity contribution >= 4 is 5.71 Å². The van der Waals surface area contributed by atoms with Gasteiger partial charge in [-0.05, 0) is 50.6 Å². The molecule has 1 aliphatic rings. The average molecular weight is 276 g/mol. The number of rotatable bonds is 7. The van der Waals surface area contributed by atoms with Gasteiger partial charge in [0.25, 0.3) is 0 Å². The molecule has 1 fully saturated rings. The van der Waals surface area contributed by atoms with Crippen LogP contribution < -0.4 is 5.32 Å². The van der Waals surface area contributed by atoms with E-state index in [2.05, 4.69) is 37.8 Å². The molecule has 0 aromatic heterocycles. The summed E-state index contributed by atoms with van der Waals surface area (Å²) in [6.07, 6.45) is 11.0. The Morgan fingerprint density at radius 1 is 1.30 bits per heavy atom. The second-order valence-corrected chi connectivity index (χ2v) is 6.19. The van der Waals surface area contributed by atoms with Gasteiger partial charge in [0.1, 0.15) is 0 Å². The molecule has 0 spiro atoms. The van der Waals surface area contributed by atoms with Gasteiger partial charge in [-0.2, -0.15) is 0 Å². The molecule has 2 heteroatoms. The van der Waals surface area contributed by atoms with Crippen molar-refractivity contribution in [1.82, 2.24) is 5.32 Å². The standard InChI is InChI=1S/C18H32N2/c1-6-16(17(7-2)20-5)15(3)13-18(14-19-4)11-9-8-10-12-18/h6,19H,1,7-14H2,2-5H3/b16-15+,20-17-. The van der Waals surface area contributed by atoms with Crippen molar-refractivity contribution in [1.29, 1.82) is 0 Å². The van der Waals surface area contributed by atoms with Crippen LogP contribution in [0.4, 0.5) is 0 Å². The molecular weight excluding hydrogens is 244 g/mol. The molecule has 0 aromatic carbocycles. The van der Waals surface area contributed by atoms with Gasteiger partial charge in [-0.15, -0.1) is 0 Å². The van der Waals surface area contributed by atoms with Gasteiger partial charge in [-0.3, -0.25) is 4.99 Å². The number of hydrogen-bond donors (Lipinski definition) is 1. The van der Waals surface area contributed by atoms with E-state index in [4.69, 9.17) is 0 Å². The smallest absolute Gasteiger partial charge is 0.0413 e. The minimum atomic E-state index is 0.442. The van der Waals surface area contributed by atoms with Crippen LogP contribution >= 0.6 is 0 Å². The molecule has 1 aliphatic carbocycles. The minimum absolute atomic E-state index is 0.442. The van der Waals surface area contributed by atoms with Gasteiger partial charge in [0.2, 0.25) is 0 Å². The maximum Gasteiger partial charge on any atom is 0.0413 e. The summed E-state index contributed by atoms with van der Waals surface area (Å²) in [5, 5.41) is 3.42. The minimum Gasteiger partial charge on any atom is -0.319 e. The first-order chi connectivity index (χ1) is 9.62. The first kappa shape index (κ1) is 17.2. The maximum absolute atomic E-state index is 4.43. The van der Waals surface area contributed by atoms with Gasteiger partial charge < -0.3 is 5.32 Å². The van der Waals surface area contributed by atoms with E-state index >= 15 is 0 Å². The highest BCUT2D eigenvalue weighted by Crippen LogP contribution is 2.41. The molecule has 0 unspecified atom stereocenters. The van der Waals surface area contributed by atoms with E-state index in [1.165, 1.54) is 55.4 Å². The van der Waals surface area contributed by atoms with Crippen molar-refractivity contribution in [2.75, 3.05) is 20.6 Å². The Kier molecular flexibility index (Phi) is 7.22. The third-order valence-corrected chi connectivity index (χ3v) is 4.69. The molecule has 1 rings (SSSR count). The van der Waals surface area contributed by atoms with E-state index in [9.17, 15) is 0 Å². The van der Waals surface area contributed by atoms with E-state index in [1.807, 2.05) is 13.1 Å². The molecule has 0 saturated heterocycles. The summed E-state index contributed by atoms with van der Waals surface area (Å²) in [6.45, 7) is 9.57. The number of allylic oxidation sites excluding steroid dienone is 3. The molecule has 0 aliphatic heterocycles. The largest absolute Gasteiger partial charge is 0.319 e. The Hall–Kier alpha value is -0.890. The van der Waals surface area contributed by atoms with Crippen LogP contribution in [0.15, 0.2) is 28.8 Å². The van der Waals surface area contributed by atoms with Crippen molar-refractivity contribution in [3.63, 3.8) is 0 Å². The van der Waals surface area contributed by atoms with Crippen molar-refractivity contribution in [3.8, 4) is 0 Å². The van der Waals surface area contributed by atoms with Gasteiger partial charge >= 0.3 is 0 Å². The van der Waals surface area contributed by atoms with E-state index in [0.717, 1.165) is 13.0 Å². The third-order valence-electron chi connectivity index (χ3n) is 4.69. The monoisotopic (exact) mass is 276 g/mol. The molecule has 1 saturated carbocycles. The van der Waals surface area contributed by atoms with E-state index < -0.39 is 0 Å². The van der Waals surface area contributed by atoms with E-state index in [-0.39, 0.29) is 0 Å². The predicted octanol–water partition coefficient (Wildman–Crippen LogP) is 4.53. The van der Waals surface area contributed by atoms with Crippen LogP contribution in [-0.2, 0) is 0 Å². The van der Waals surface area contributed by atoms with Gasteiger partial charge in [-0.25, -0.2) is 0 Å². The quantitative estimate of drug-likeness (QED) is 0.536. The molecule has 0 heterocycles. The third kappa shape index (κ3) is 4.31. The topological polar surface area (TPSA) is 24.4 Å². The lowest BCUT2D eigenvalue weighted by atomic mass is 9.69. The fourth-order valence-corrected chi connectivity index (χ4v) is 3.76. The molecule has 1 N–H and O–H groups in total. The normalized spacial score (nSPS) is 20.5. The zero-order chi connectivity index (χ0) is 15.0. The fraction of sp³-hybridized carbons (Fsp3) is 0.722. The Morgan fingerprint density at radius 3 is 2.40 bits per heavy atom. The highest BCUT2D eigenvalue weighted by atomic mass is 14.8. The highest BCUT2D eigenvalue weighted by molar-refractivity contribution is 6.02. The summed E-state index contributed by atoms with van der Waals surface area (Å²) in [5.74, 6) is 0. The second-order valence-electron chi connectivity index (χ2n) is 6.19. The Morgan fingerprint density at radius 2 is 1.95 bits per heavy atom. The summed E-state index contributed by atoms with van der Waals surface area (Å²) in [7, 11) is 3.97. The van der Waals surface area contributed by atoms with Crippen molar-refractivity contribution < 1.29 is 0 Å². The molecule has 0 amide bonds. The van der Waals surface area contributed by atoms with Crippen LogP contribution in [0.2, 0.25) is 0 Å². The van der Waals surface area contributed by atoms with Crippen molar-refractivity contribution in [3.05, 3.63) is 23.8 Å². The highest BCUT2D eigenvalue weighted by Gasteiger charge is 2.32. The second kappa shape index (κ2) is 8.41. The van der Waals surface area contributed by atoms with Gasteiger partial charge in [-0.1, -0.05) is 44.4 Å². The molecular formula is C18H32N2. The summed E-state index contributed by atoms with van der Waals surface area (Å²) in [6, 6.07) is 0. The lowest BCUT2D eigenvalue weighted by Crippen LogP contribution is -2.35. The van der Waals surface area contributed by atoms with Crippen LogP contribution in [0.25, 0.3) is 0 Å². The predicted molar refractivity (Wildman–Crippen MR) is 90.6 cm³/mol. The molecule has 0 radical (unpaired) electrons. The molecule has 2 nitrogen and oxygen atoms in total. The fourth-order valence-electron chi connectivity index (χ4n) is 3.76. The van der Waals surface area contributed by atoms with Crippen LogP contribution in [-0.4, -0.2) is 26.4 Å². The zero-order valence-electron chi connectivity index (χ0n) is 13.9. The number of aliphatic imine (C=N–C) groups is 1. The zero-order valence-corrected chi connectivity index (χ0v) is 13.9. The summed E-state index contributed by atoms with van der Waals surface area (Å²) in [5.41, 5.74) is 4.36. The molecule has 20 heavy (non-hydrogen) atoms. The van der Waals surface area contributed by atoms with E-state index in [1.54, 1.807) is 0 Å². The lowest BCUT2D eigenvalue weighted by molar-refractivity contribution is 0.184. The van der Waals surface area contributed by atoms with Crippen LogP contribution in [0.1, 0.15) is 58.8 Å². The van der Waals surface area contributed by atoms with Crippen LogP contribution in [0.3, 0.4) is 0 Å². The Balaban J connectivity index is 2.98. The van der Waals surface area contributed by atoms with Crippen molar-refractivity contribution in [2.24, 2.45) is 10.4 Å². The van der Waals surface area contributed by atoms with Crippen LogP contribution in [0.5, 0.6) is 0 Å². The number of nitrogens with one attached hydrogen (secondary N) is 1. The van der Waals surface area contributed by atoms with Gasteiger partial charge in [0.05, 0.1) is 0 Å². The molecule has 0 aromatic rings. The molecule has 114 valence electrons. The lowest BCUT2D eigenvalue weighted by Gasteiger charge is -2.38. The van der Waals surface area contributed by atoms with Gasteiger partial charge in [0.15, 0.2) is 0 Å². The summed E-state index contributed by atoms with van der Waals surface area (Å²) in [4.78, 5) is 4.43. The molecule has 0 atom stereocenters. The first-order valence-corrected chi connectivity index (χ1v) is 8.05. The summed E-state index contributed by atoms with van der Waals surface area (Å²) < 4.78 is 0. The summed E-state index contributed by atoms with van der Waals surface area (Å²) >= 11 is 0. The number of nitrogens with zero attached hydrogens (tertiary/aromatic N) is 1. The SMILES string of the molecule is C=CC(/C(CC)=N\C)=C(/C)CC1(CNC)CCCCC1.